The Kier molecular flexibility index (Phi) is 28.9. The number of ether oxygens (including phenoxy) is 1. The van der Waals surface area contributed by atoms with Crippen molar-refractivity contribution in [2.24, 2.45) is 52.3 Å². The molecule has 4 N–H and O–H groups in total. The minimum atomic E-state index is -0.278. The molecule has 1 aliphatic heterocycles. The normalized spacial score (nSPS) is 28.4. The van der Waals surface area contributed by atoms with Gasteiger partial charge >= 0.3 is 0 Å². The molecule has 0 aromatic rings. The lowest BCUT2D eigenvalue weighted by molar-refractivity contribution is -0.139. The first kappa shape index (κ1) is 64.0. The van der Waals surface area contributed by atoms with Gasteiger partial charge in [0.15, 0.2) is 5.78 Å². The standard InChI is InChI=1S/C64H112N4O8/c1-6-8-9-10-11-12-13-14-15-16-17-18-19-20-24-27-59(72)66-52-35-37-63(4)51(43-52)30-31-55-57-33-32-56(64(57,5)38-36-58(55)63)49(3)29-34-61(74)67(46-60(73)65-39-41-76-40-7-2)45-54(71)26-23-21-22-25-28-62(75)68-44-50(47-69)42-53(68)48-70/h14-15,49-53,55-58,69-70H,6-13,16-48H2,1-5H3,(H,65,73)(H,66,72)/b15-14-/t49-,50-,51?,52?,53+,55?,56-,57?,58?,63+,64-/m1/s1. The SMILES string of the molecule is CCCCCCCC/C=C\CCCCCCCC(=O)NC1CC[C@@]2(C)C(CCC3C2CC[C@@]2(C)C3CC[C@@H]2[C@H](C)CCC(=O)N(CC(=O)CCCCCCC(=O)N2C[C@H](CO)C[C@H]2CO)CC(=O)NCCOCCC)C1. The van der Waals surface area contributed by atoms with Gasteiger partial charge < -0.3 is 35.4 Å². The maximum Gasteiger partial charge on any atom is 0.239 e. The summed E-state index contributed by atoms with van der Waals surface area (Å²) in [6.45, 7) is 13.4. The van der Waals surface area contributed by atoms with Crippen molar-refractivity contribution >= 4 is 29.4 Å². The number of aliphatic hydroxyl groups is 2. The van der Waals surface area contributed by atoms with Crippen LogP contribution < -0.4 is 10.6 Å². The number of Topliss-reactive ketones (excluding diaryl/α,β-unsaturated/α-hetero) is 1. The van der Waals surface area contributed by atoms with Crippen LogP contribution in [0.3, 0.4) is 0 Å². The highest BCUT2D eigenvalue weighted by atomic mass is 16.5. The van der Waals surface area contributed by atoms with Gasteiger partial charge in [-0.25, -0.2) is 0 Å². The zero-order valence-electron chi connectivity index (χ0n) is 49.1. The maximum absolute atomic E-state index is 14.1. The monoisotopic (exact) mass is 1060 g/mol. The van der Waals surface area contributed by atoms with Gasteiger partial charge in [-0.3, -0.25) is 24.0 Å². The fourth-order valence-corrected chi connectivity index (χ4v) is 15.7. The number of nitrogens with zero attached hydrogens (tertiary/aromatic N) is 2. The van der Waals surface area contributed by atoms with Crippen molar-refractivity contribution in [2.45, 2.75) is 259 Å². The summed E-state index contributed by atoms with van der Waals surface area (Å²) in [4.78, 5) is 69.8. The Morgan fingerprint density at radius 1 is 0.671 bits per heavy atom. The van der Waals surface area contributed by atoms with Gasteiger partial charge in [0.05, 0.1) is 32.3 Å². The first-order valence-electron chi connectivity index (χ1n) is 31.9. The Morgan fingerprint density at radius 2 is 1.33 bits per heavy atom. The minimum absolute atomic E-state index is 0.00628. The highest BCUT2D eigenvalue weighted by molar-refractivity contribution is 5.89. The van der Waals surface area contributed by atoms with E-state index in [4.69, 9.17) is 4.74 Å². The topological polar surface area (TPSA) is 166 Å². The molecule has 0 spiro atoms. The van der Waals surface area contributed by atoms with Gasteiger partial charge in [0.25, 0.3) is 0 Å². The number of amides is 4. The van der Waals surface area contributed by atoms with E-state index in [1.165, 1.54) is 120 Å². The largest absolute Gasteiger partial charge is 0.396 e. The Morgan fingerprint density at radius 3 is 2.03 bits per heavy atom. The molecule has 5 unspecified atom stereocenters. The summed E-state index contributed by atoms with van der Waals surface area (Å²) in [6, 6.07) is 0.0917. The molecule has 12 nitrogen and oxygen atoms in total. The molecule has 0 aromatic carbocycles. The third-order valence-corrected chi connectivity index (χ3v) is 20.1. The van der Waals surface area contributed by atoms with Crippen molar-refractivity contribution < 1.29 is 38.9 Å². The molecule has 12 heteroatoms. The number of unbranched alkanes of at least 4 members (excludes halogenated alkanes) is 14. The molecule has 0 bridgehead atoms. The predicted octanol–water partition coefficient (Wildman–Crippen LogP) is 12.1. The molecule has 4 amide bonds. The highest BCUT2D eigenvalue weighted by Gasteiger charge is 2.60. The van der Waals surface area contributed by atoms with Crippen LogP contribution in [-0.4, -0.2) is 114 Å². The second kappa shape index (κ2) is 34.3. The Bertz CT molecular complexity index is 1760. The van der Waals surface area contributed by atoms with Crippen LogP contribution in [0.25, 0.3) is 0 Å². The van der Waals surface area contributed by atoms with Gasteiger partial charge in [-0.2, -0.15) is 0 Å². The average Bonchev–Trinajstić information content (AvgIpc) is 4.01. The first-order valence-corrected chi connectivity index (χ1v) is 31.9. The van der Waals surface area contributed by atoms with Crippen LogP contribution in [0.5, 0.6) is 0 Å². The summed E-state index contributed by atoms with van der Waals surface area (Å²) in [6.07, 6.45) is 39.2. The van der Waals surface area contributed by atoms with E-state index in [1.54, 1.807) is 4.90 Å². The summed E-state index contributed by atoms with van der Waals surface area (Å²) in [7, 11) is 0. The molecule has 436 valence electrons. The number of allylic oxidation sites excluding steroid dienone is 2. The summed E-state index contributed by atoms with van der Waals surface area (Å²) in [5.41, 5.74) is 0.593. The second-order valence-corrected chi connectivity index (χ2v) is 25.6. The molecule has 11 atom stereocenters. The number of rotatable bonds is 38. The average molecular weight is 1070 g/mol. The van der Waals surface area contributed by atoms with Crippen LogP contribution in [0.15, 0.2) is 12.2 Å². The van der Waals surface area contributed by atoms with Crippen molar-refractivity contribution in [1.29, 1.82) is 0 Å². The molecular weight excluding hydrogens is 953 g/mol. The number of hydrogen-bond donors (Lipinski definition) is 4. The van der Waals surface area contributed by atoms with Crippen LogP contribution in [-0.2, 0) is 28.7 Å². The maximum atomic E-state index is 14.1. The lowest BCUT2D eigenvalue weighted by Crippen LogP contribution is -2.55. The molecule has 5 fully saturated rings. The Hall–Kier alpha value is -2.83. The fraction of sp³-hybridized carbons (Fsp3) is 0.891. The fourth-order valence-electron chi connectivity index (χ4n) is 15.7. The second-order valence-electron chi connectivity index (χ2n) is 25.6. The van der Waals surface area contributed by atoms with Gasteiger partial charge in [-0.05, 0) is 168 Å². The molecule has 1 heterocycles. The zero-order chi connectivity index (χ0) is 54.8. The predicted molar refractivity (Wildman–Crippen MR) is 306 cm³/mol. The number of ketones is 1. The Labute approximate surface area is 462 Å². The molecule has 5 rings (SSSR count). The van der Waals surface area contributed by atoms with Gasteiger partial charge in [-0.15, -0.1) is 0 Å². The number of aliphatic hydroxyl groups excluding tert-OH is 2. The van der Waals surface area contributed by atoms with Gasteiger partial charge in [0, 0.05) is 63.9 Å². The summed E-state index contributed by atoms with van der Waals surface area (Å²) in [5, 5.41) is 25.7. The number of fused-ring (bicyclic) bond motifs is 5. The number of carbonyl (C=O) groups excluding carboxylic acids is 5. The van der Waals surface area contributed by atoms with E-state index in [0.29, 0.717) is 106 Å². The summed E-state index contributed by atoms with van der Waals surface area (Å²) >= 11 is 0. The van der Waals surface area contributed by atoms with Gasteiger partial charge in [0.1, 0.15) is 0 Å². The molecule has 0 aromatic heterocycles. The van der Waals surface area contributed by atoms with Gasteiger partial charge in [0.2, 0.25) is 23.6 Å². The number of hydrogen-bond acceptors (Lipinski definition) is 8. The van der Waals surface area contributed by atoms with Crippen LogP contribution in [0.4, 0.5) is 0 Å². The number of carbonyl (C=O) groups is 5. The molecule has 5 aliphatic rings. The van der Waals surface area contributed by atoms with Crippen molar-refractivity contribution in [3.63, 3.8) is 0 Å². The highest BCUT2D eigenvalue weighted by Crippen LogP contribution is 2.68. The van der Waals surface area contributed by atoms with Crippen LogP contribution in [0.2, 0.25) is 0 Å². The van der Waals surface area contributed by atoms with Gasteiger partial charge in [-0.1, -0.05) is 111 Å². The lowest BCUT2D eigenvalue weighted by Gasteiger charge is -2.61. The third-order valence-electron chi connectivity index (χ3n) is 20.1. The smallest absolute Gasteiger partial charge is 0.239 e. The van der Waals surface area contributed by atoms with Crippen molar-refractivity contribution in [3.05, 3.63) is 12.2 Å². The van der Waals surface area contributed by atoms with E-state index in [0.717, 1.165) is 63.2 Å². The van der Waals surface area contributed by atoms with Crippen molar-refractivity contribution in [3.8, 4) is 0 Å². The van der Waals surface area contributed by atoms with E-state index in [-0.39, 0.29) is 73.1 Å². The summed E-state index contributed by atoms with van der Waals surface area (Å²) in [5.74, 6) is 3.60. The van der Waals surface area contributed by atoms with E-state index < -0.39 is 0 Å². The molecule has 76 heavy (non-hydrogen) atoms. The zero-order valence-corrected chi connectivity index (χ0v) is 49.1. The number of nitrogens with one attached hydrogen (secondary N) is 2. The van der Waals surface area contributed by atoms with Crippen molar-refractivity contribution in [2.75, 3.05) is 52.6 Å². The minimum Gasteiger partial charge on any atom is -0.396 e. The molecule has 4 saturated carbocycles. The van der Waals surface area contributed by atoms with Crippen LogP contribution >= 0.6 is 0 Å². The molecule has 0 radical (unpaired) electrons. The van der Waals surface area contributed by atoms with E-state index in [9.17, 15) is 34.2 Å². The lowest BCUT2D eigenvalue weighted by atomic mass is 9.44. The van der Waals surface area contributed by atoms with E-state index in [1.807, 2.05) is 6.92 Å². The van der Waals surface area contributed by atoms with E-state index >= 15 is 0 Å². The first-order chi connectivity index (χ1) is 36.8. The summed E-state index contributed by atoms with van der Waals surface area (Å²) < 4.78 is 5.54. The molecule has 4 aliphatic carbocycles. The third kappa shape index (κ3) is 19.8. The van der Waals surface area contributed by atoms with Crippen molar-refractivity contribution in [1.82, 2.24) is 20.4 Å². The quantitative estimate of drug-likeness (QED) is 0.0350. The van der Waals surface area contributed by atoms with Crippen LogP contribution in [0, 0.1) is 52.3 Å². The number of likely N-dealkylation sites (tertiary alicyclic amines) is 1. The van der Waals surface area contributed by atoms with E-state index in [2.05, 4.69) is 50.5 Å². The molecular formula is C64H112N4O8. The van der Waals surface area contributed by atoms with Crippen LogP contribution in [0.1, 0.15) is 247 Å². The Balaban J connectivity index is 1.01. The molecule has 1 saturated heterocycles.